The summed E-state index contributed by atoms with van der Waals surface area (Å²) in [5, 5.41) is 8.11. The van der Waals surface area contributed by atoms with E-state index in [0.717, 1.165) is 36.8 Å². The SMILES string of the molecule is Cc1ccc(S(=O)(=O)NC2CCC3(CC2)N=N3)c(C)c1. The normalized spacial score (nSPS) is 21.3. The van der Waals surface area contributed by atoms with Crippen LogP contribution in [0.4, 0.5) is 0 Å². The Morgan fingerprint density at radius 3 is 2.40 bits per heavy atom. The molecule has 5 nitrogen and oxygen atoms in total. The van der Waals surface area contributed by atoms with E-state index in [9.17, 15) is 8.42 Å². The maximum atomic E-state index is 12.5. The van der Waals surface area contributed by atoms with Crippen LogP contribution in [0, 0.1) is 13.8 Å². The molecule has 0 radical (unpaired) electrons. The summed E-state index contributed by atoms with van der Waals surface area (Å²) in [5.74, 6) is 0. The lowest BCUT2D eigenvalue weighted by atomic mass is 9.89. The average molecular weight is 293 g/mol. The summed E-state index contributed by atoms with van der Waals surface area (Å²) in [6, 6.07) is 5.41. The zero-order valence-electron chi connectivity index (χ0n) is 11.8. The van der Waals surface area contributed by atoms with Crippen molar-refractivity contribution in [2.45, 2.75) is 56.1 Å². The molecule has 1 heterocycles. The first-order valence-electron chi connectivity index (χ1n) is 6.94. The van der Waals surface area contributed by atoms with Crippen LogP contribution in [0.5, 0.6) is 0 Å². The van der Waals surface area contributed by atoms with Gasteiger partial charge < -0.3 is 0 Å². The number of aryl methyl sites for hydroxylation is 2. The Morgan fingerprint density at radius 1 is 1.20 bits per heavy atom. The van der Waals surface area contributed by atoms with Gasteiger partial charge in [0.05, 0.1) is 4.90 Å². The molecule has 0 unspecified atom stereocenters. The molecule has 0 saturated heterocycles. The smallest absolute Gasteiger partial charge is 0.208 e. The van der Waals surface area contributed by atoms with E-state index >= 15 is 0 Å². The Labute approximate surface area is 119 Å². The first-order valence-corrected chi connectivity index (χ1v) is 8.42. The standard InChI is InChI=1S/C14H19N3O2S/c1-10-3-4-13(11(2)9-10)20(18,19)15-12-5-7-14(8-6-12)16-17-14/h3-4,9,12,15H,5-8H2,1-2H3. The van der Waals surface area contributed by atoms with Gasteiger partial charge in [-0.05, 0) is 51.2 Å². The summed E-state index contributed by atoms with van der Waals surface area (Å²) >= 11 is 0. The summed E-state index contributed by atoms with van der Waals surface area (Å²) in [7, 11) is -3.44. The molecule has 6 heteroatoms. The minimum atomic E-state index is -3.44. The molecule has 1 aliphatic heterocycles. The topological polar surface area (TPSA) is 70.9 Å². The number of hydrogen-bond donors (Lipinski definition) is 1. The van der Waals surface area contributed by atoms with Gasteiger partial charge in [0.15, 0.2) is 5.66 Å². The Bertz CT molecular complexity index is 651. The van der Waals surface area contributed by atoms with Gasteiger partial charge in [-0.15, -0.1) is 0 Å². The zero-order chi connectivity index (χ0) is 14.4. The predicted molar refractivity (Wildman–Crippen MR) is 76.1 cm³/mol. The van der Waals surface area contributed by atoms with E-state index in [0.29, 0.717) is 4.90 Å². The van der Waals surface area contributed by atoms with Gasteiger partial charge in [-0.25, -0.2) is 13.1 Å². The van der Waals surface area contributed by atoms with Crippen molar-refractivity contribution in [1.82, 2.24) is 4.72 Å². The summed E-state index contributed by atoms with van der Waals surface area (Å²) in [6.45, 7) is 3.79. The third kappa shape index (κ3) is 2.62. The maximum absolute atomic E-state index is 12.5. The zero-order valence-corrected chi connectivity index (χ0v) is 12.6. The predicted octanol–water partition coefficient (Wildman–Crippen LogP) is 2.69. The van der Waals surface area contributed by atoms with Crippen molar-refractivity contribution in [3.63, 3.8) is 0 Å². The van der Waals surface area contributed by atoms with E-state index < -0.39 is 10.0 Å². The minimum absolute atomic E-state index is 0.00247. The van der Waals surface area contributed by atoms with Gasteiger partial charge in [-0.2, -0.15) is 10.2 Å². The highest BCUT2D eigenvalue weighted by molar-refractivity contribution is 7.89. The van der Waals surface area contributed by atoms with Crippen molar-refractivity contribution in [1.29, 1.82) is 0 Å². The van der Waals surface area contributed by atoms with Crippen LogP contribution >= 0.6 is 0 Å². The fourth-order valence-corrected chi connectivity index (χ4v) is 4.38. The first-order chi connectivity index (χ1) is 9.40. The van der Waals surface area contributed by atoms with Crippen LogP contribution in [0.3, 0.4) is 0 Å². The van der Waals surface area contributed by atoms with Crippen LogP contribution < -0.4 is 4.72 Å². The molecule has 108 valence electrons. The Balaban J connectivity index is 1.72. The number of sulfonamides is 1. The van der Waals surface area contributed by atoms with Gasteiger partial charge in [0.2, 0.25) is 10.0 Å². The lowest BCUT2D eigenvalue weighted by Crippen LogP contribution is -2.39. The van der Waals surface area contributed by atoms with Gasteiger partial charge in [-0.3, -0.25) is 0 Å². The quantitative estimate of drug-likeness (QED) is 0.930. The van der Waals surface area contributed by atoms with Crippen LogP contribution in [0.1, 0.15) is 36.8 Å². The van der Waals surface area contributed by atoms with Gasteiger partial charge in [0.1, 0.15) is 0 Å². The minimum Gasteiger partial charge on any atom is -0.208 e. The second-order valence-electron chi connectivity index (χ2n) is 5.85. The Hall–Kier alpha value is -1.27. The monoisotopic (exact) mass is 293 g/mol. The molecule has 1 fully saturated rings. The molecular weight excluding hydrogens is 274 g/mol. The van der Waals surface area contributed by atoms with Crippen LogP contribution in [-0.4, -0.2) is 20.1 Å². The molecular formula is C14H19N3O2S. The van der Waals surface area contributed by atoms with E-state index in [1.165, 1.54) is 0 Å². The fourth-order valence-electron chi connectivity index (χ4n) is 2.85. The molecule has 1 aliphatic carbocycles. The van der Waals surface area contributed by atoms with Crippen molar-refractivity contribution in [2.75, 3.05) is 0 Å². The highest BCUT2D eigenvalue weighted by Crippen LogP contribution is 2.42. The van der Waals surface area contributed by atoms with E-state index in [1.54, 1.807) is 6.07 Å². The lowest BCUT2D eigenvalue weighted by molar-refractivity contribution is 0.341. The summed E-state index contributed by atoms with van der Waals surface area (Å²) < 4.78 is 27.7. The Kier molecular flexibility index (Phi) is 3.17. The number of hydrogen-bond acceptors (Lipinski definition) is 4. The highest BCUT2D eigenvalue weighted by atomic mass is 32.2. The second-order valence-corrected chi connectivity index (χ2v) is 7.53. The molecule has 0 aromatic heterocycles. The molecule has 20 heavy (non-hydrogen) atoms. The highest BCUT2D eigenvalue weighted by Gasteiger charge is 2.43. The molecule has 2 aliphatic rings. The molecule has 1 aromatic carbocycles. The fraction of sp³-hybridized carbons (Fsp3) is 0.571. The van der Waals surface area contributed by atoms with Crippen molar-refractivity contribution < 1.29 is 8.42 Å². The number of nitrogens with one attached hydrogen (secondary N) is 1. The van der Waals surface area contributed by atoms with Crippen LogP contribution in [-0.2, 0) is 10.0 Å². The molecule has 1 spiro atoms. The van der Waals surface area contributed by atoms with E-state index in [2.05, 4.69) is 15.0 Å². The maximum Gasteiger partial charge on any atom is 0.241 e. The van der Waals surface area contributed by atoms with Gasteiger partial charge in [0.25, 0.3) is 0 Å². The largest absolute Gasteiger partial charge is 0.241 e. The van der Waals surface area contributed by atoms with Gasteiger partial charge >= 0.3 is 0 Å². The summed E-state index contributed by atoms with van der Waals surface area (Å²) in [4.78, 5) is 0.379. The molecule has 0 bridgehead atoms. The molecule has 1 aromatic rings. The van der Waals surface area contributed by atoms with Crippen LogP contribution in [0.15, 0.2) is 33.3 Å². The second kappa shape index (κ2) is 4.63. The van der Waals surface area contributed by atoms with E-state index in [-0.39, 0.29) is 11.7 Å². The van der Waals surface area contributed by atoms with Gasteiger partial charge in [-0.1, -0.05) is 17.7 Å². The van der Waals surface area contributed by atoms with Crippen molar-refractivity contribution in [2.24, 2.45) is 10.2 Å². The van der Waals surface area contributed by atoms with Crippen LogP contribution in [0.2, 0.25) is 0 Å². The molecule has 0 amide bonds. The molecule has 3 rings (SSSR count). The first kappa shape index (κ1) is 13.7. The third-order valence-electron chi connectivity index (χ3n) is 4.11. The van der Waals surface area contributed by atoms with Crippen LogP contribution in [0.25, 0.3) is 0 Å². The number of rotatable bonds is 3. The molecule has 0 atom stereocenters. The number of benzene rings is 1. The molecule has 1 N–H and O–H groups in total. The van der Waals surface area contributed by atoms with Gasteiger partial charge in [0, 0.05) is 6.04 Å². The Morgan fingerprint density at radius 2 is 1.85 bits per heavy atom. The molecule has 1 saturated carbocycles. The third-order valence-corrected chi connectivity index (χ3v) is 5.79. The van der Waals surface area contributed by atoms with E-state index in [1.807, 2.05) is 26.0 Å². The summed E-state index contributed by atoms with van der Waals surface area (Å²) in [6.07, 6.45) is 3.31. The number of nitrogens with zero attached hydrogens (tertiary/aromatic N) is 2. The summed E-state index contributed by atoms with van der Waals surface area (Å²) in [5.41, 5.74) is 1.71. The van der Waals surface area contributed by atoms with Crippen molar-refractivity contribution in [3.8, 4) is 0 Å². The van der Waals surface area contributed by atoms with Crippen molar-refractivity contribution in [3.05, 3.63) is 29.3 Å². The average Bonchev–Trinajstić information content (AvgIpc) is 3.12. The van der Waals surface area contributed by atoms with Crippen molar-refractivity contribution >= 4 is 10.0 Å². The van der Waals surface area contributed by atoms with E-state index in [4.69, 9.17) is 0 Å². The lowest BCUT2D eigenvalue weighted by Gasteiger charge is -2.26.